The van der Waals surface area contributed by atoms with Gasteiger partial charge in [0.2, 0.25) is 0 Å². The topological polar surface area (TPSA) is 53.1 Å². The van der Waals surface area contributed by atoms with E-state index in [2.05, 4.69) is 0 Å². The Morgan fingerprint density at radius 3 is 2.58 bits per heavy atom. The molecule has 2 aromatic carbocycles. The molecule has 2 rings (SSSR count). The highest BCUT2D eigenvalue weighted by molar-refractivity contribution is 6.33. The second kappa shape index (κ2) is 5.28. The summed E-state index contributed by atoms with van der Waals surface area (Å²) in [5.74, 6) is -0.345. The zero-order chi connectivity index (χ0) is 14.0. The number of halogens is 2. The molecule has 0 atom stereocenters. The number of nitrogen functional groups attached to an aromatic ring is 1. The average Bonchev–Trinajstić information content (AvgIpc) is 2.37. The smallest absolute Gasteiger partial charge is 0.125 e. The molecule has 0 spiro atoms. The third-order valence-electron chi connectivity index (χ3n) is 2.82. The highest BCUT2D eigenvalue weighted by atomic mass is 35.5. The van der Waals surface area contributed by atoms with Gasteiger partial charge in [0.1, 0.15) is 11.7 Å². The first-order valence-corrected chi connectivity index (χ1v) is 6.00. The monoisotopic (exact) mass is 277 g/mol. The first-order chi connectivity index (χ1) is 8.99. The minimum Gasteiger partial charge on any atom is -0.384 e. The Kier molecular flexibility index (Phi) is 3.71. The molecular formula is C14H13ClFN3. The zero-order valence-electron chi connectivity index (χ0n) is 10.3. The number of hydrogen-bond donors (Lipinski definition) is 2. The van der Waals surface area contributed by atoms with Crippen LogP contribution in [-0.4, -0.2) is 12.9 Å². The summed E-state index contributed by atoms with van der Waals surface area (Å²) in [5.41, 5.74) is 7.37. The Morgan fingerprint density at radius 1 is 1.26 bits per heavy atom. The number of amidine groups is 1. The van der Waals surface area contributed by atoms with Crippen LogP contribution in [0.4, 0.5) is 15.8 Å². The summed E-state index contributed by atoms with van der Waals surface area (Å²) in [4.78, 5) is 1.77. The van der Waals surface area contributed by atoms with Gasteiger partial charge in [0.05, 0.1) is 10.7 Å². The Balaban J connectivity index is 2.39. The molecule has 0 heterocycles. The lowest BCUT2D eigenvalue weighted by atomic mass is 10.1. The van der Waals surface area contributed by atoms with E-state index in [1.54, 1.807) is 42.3 Å². The second-order valence-corrected chi connectivity index (χ2v) is 4.53. The Hall–Kier alpha value is -2.07. The van der Waals surface area contributed by atoms with Crippen LogP contribution in [0.15, 0.2) is 42.5 Å². The van der Waals surface area contributed by atoms with Crippen molar-refractivity contribution < 1.29 is 4.39 Å². The number of nitrogens with zero attached hydrogens (tertiary/aromatic N) is 1. The van der Waals surface area contributed by atoms with Gasteiger partial charge in [-0.25, -0.2) is 4.39 Å². The van der Waals surface area contributed by atoms with Crippen LogP contribution in [0.25, 0.3) is 0 Å². The maximum absolute atomic E-state index is 13.2. The molecule has 3 nitrogen and oxygen atoms in total. The van der Waals surface area contributed by atoms with Gasteiger partial charge in [-0.2, -0.15) is 0 Å². The molecule has 3 N–H and O–H groups in total. The SMILES string of the molecule is CN(c1cccc(F)c1)c1ccc(C(=N)N)cc1Cl. The largest absolute Gasteiger partial charge is 0.384 e. The quantitative estimate of drug-likeness (QED) is 0.666. The van der Waals surface area contributed by atoms with Gasteiger partial charge in [-0.05, 0) is 36.4 Å². The van der Waals surface area contributed by atoms with E-state index in [-0.39, 0.29) is 11.7 Å². The van der Waals surface area contributed by atoms with Crippen molar-refractivity contribution in [1.29, 1.82) is 5.41 Å². The molecule has 19 heavy (non-hydrogen) atoms. The normalized spacial score (nSPS) is 10.3. The van der Waals surface area contributed by atoms with Crippen molar-refractivity contribution >= 4 is 28.8 Å². The third-order valence-corrected chi connectivity index (χ3v) is 3.12. The molecule has 98 valence electrons. The first-order valence-electron chi connectivity index (χ1n) is 5.62. The summed E-state index contributed by atoms with van der Waals surface area (Å²) in [6, 6.07) is 11.3. The Morgan fingerprint density at radius 2 is 2.00 bits per heavy atom. The van der Waals surface area contributed by atoms with Crippen LogP contribution in [0.3, 0.4) is 0 Å². The molecule has 0 aliphatic heterocycles. The van der Waals surface area contributed by atoms with Crippen molar-refractivity contribution in [3.63, 3.8) is 0 Å². The standard InChI is InChI=1S/C14H13ClFN3/c1-19(11-4-2-3-10(16)8-11)13-6-5-9(14(17)18)7-12(13)15/h2-8H,1H3,(H3,17,18). The van der Waals surface area contributed by atoms with Crippen LogP contribution in [-0.2, 0) is 0 Å². The lowest BCUT2D eigenvalue weighted by molar-refractivity contribution is 0.628. The molecule has 0 unspecified atom stereocenters. The van der Waals surface area contributed by atoms with E-state index in [1.165, 1.54) is 12.1 Å². The van der Waals surface area contributed by atoms with E-state index in [0.29, 0.717) is 16.3 Å². The number of anilines is 2. The van der Waals surface area contributed by atoms with Gasteiger partial charge in [0.15, 0.2) is 0 Å². The van der Waals surface area contributed by atoms with E-state index in [4.69, 9.17) is 22.7 Å². The number of rotatable bonds is 3. The van der Waals surface area contributed by atoms with Crippen molar-refractivity contribution in [3.8, 4) is 0 Å². The minimum absolute atomic E-state index is 0.0399. The van der Waals surface area contributed by atoms with Crippen molar-refractivity contribution in [2.24, 2.45) is 5.73 Å². The molecule has 0 amide bonds. The summed E-state index contributed by atoms with van der Waals surface area (Å²) in [6.07, 6.45) is 0. The van der Waals surface area contributed by atoms with Gasteiger partial charge in [0, 0.05) is 18.3 Å². The molecule has 0 saturated heterocycles. The summed E-state index contributed by atoms with van der Waals surface area (Å²) in [6.45, 7) is 0. The fourth-order valence-electron chi connectivity index (χ4n) is 1.77. The van der Waals surface area contributed by atoms with Crippen molar-refractivity contribution in [3.05, 3.63) is 58.9 Å². The van der Waals surface area contributed by atoms with E-state index in [1.807, 2.05) is 0 Å². The number of nitrogens with two attached hydrogens (primary N) is 1. The fraction of sp³-hybridized carbons (Fsp3) is 0.0714. The van der Waals surface area contributed by atoms with Crippen molar-refractivity contribution in [1.82, 2.24) is 0 Å². The predicted octanol–water partition coefficient (Wildman–Crippen LogP) is 3.53. The molecule has 0 bridgehead atoms. The molecule has 5 heteroatoms. The molecule has 0 aliphatic rings. The van der Waals surface area contributed by atoms with Crippen LogP contribution in [0.1, 0.15) is 5.56 Å². The Labute approximate surface area is 115 Å². The third kappa shape index (κ3) is 2.85. The number of nitrogens with one attached hydrogen (secondary N) is 1. The van der Waals surface area contributed by atoms with E-state index < -0.39 is 0 Å². The maximum atomic E-state index is 13.2. The van der Waals surface area contributed by atoms with Gasteiger partial charge in [-0.15, -0.1) is 0 Å². The second-order valence-electron chi connectivity index (χ2n) is 4.12. The first kappa shape index (κ1) is 13.4. The lowest BCUT2D eigenvalue weighted by Gasteiger charge is -2.21. The zero-order valence-corrected chi connectivity index (χ0v) is 11.1. The number of benzene rings is 2. The minimum atomic E-state index is -0.305. The van der Waals surface area contributed by atoms with E-state index in [0.717, 1.165) is 5.69 Å². The van der Waals surface area contributed by atoms with Crippen molar-refractivity contribution in [2.75, 3.05) is 11.9 Å². The fourth-order valence-corrected chi connectivity index (χ4v) is 2.08. The van der Waals surface area contributed by atoms with Crippen LogP contribution >= 0.6 is 11.6 Å². The lowest BCUT2D eigenvalue weighted by Crippen LogP contribution is -2.13. The van der Waals surface area contributed by atoms with E-state index in [9.17, 15) is 4.39 Å². The molecule has 0 aliphatic carbocycles. The summed E-state index contributed by atoms with van der Waals surface area (Å²) < 4.78 is 13.2. The van der Waals surface area contributed by atoms with Gasteiger partial charge >= 0.3 is 0 Å². The van der Waals surface area contributed by atoms with Crippen LogP contribution in [0, 0.1) is 11.2 Å². The van der Waals surface area contributed by atoms with Crippen LogP contribution in [0.2, 0.25) is 5.02 Å². The molecule has 0 saturated carbocycles. The molecule has 0 fully saturated rings. The summed E-state index contributed by atoms with van der Waals surface area (Å²) in [7, 11) is 1.80. The highest BCUT2D eigenvalue weighted by Gasteiger charge is 2.10. The molecule has 2 aromatic rings. The maximum Gasteiger partial charge on any atom is 0.125 e. The molecule has 0 radical (unpaired) electrons. The predicted molar refractivity (Wildman–Crippen MR) is 76.9 cm³/mol. The average molecular weight is 278 g/mol. The number of hydrogen-bond acceptors (Lipinski definition) is 2. The molecule has 0 aromatic heterocycles. The summed E-state index contributed by atoms with van der Waals surface area (Å²) >= 11 is 6.17. The highest BCUT2D eigenvalue weighted by Crippen LogP contribution is 2.31. The van der Waals surface area contributed by atoms with E-state index >= 15 is 0 Å². The Bertz CT molecular complexity index is 628. The van der Waals surface area contributed by atoms with Gasteiger partial charge < -0.3 is 10.6 Å². The van der Waals surface area contributed by atoms with Crippen LogP contribution in [0.5, 0.6) is 0 Å². The molecular weight excluding hydrogens is 265 g/mol. The van der Waals surface area contributed by atoms with Gasteiger partial charge in [-0.3, -0.25) is 5.41 Å². The van der Waals surface area contributed by atoms with Gasteiger partial charge in [0.25, 0.3) is 0 Å². The summed E-state index contributed by atoms with van der Waals surface area (Å²) in [5, 5.41) is 7.82. The van der Waals surface area contributed by atoms with Gasteiger partial charge in [-0.1, -0.05) is 17.7 Å². The van der Waals surface area contributed by atoms with Crippen molar-refractivity contribution in [2.45, 2.75) is 0 Å². The van der Waals surface area contributed by atoms with Crippen LogP contribution < -0.4 is 10.6 Å².